The molecule has 0 heterocycles. The van der Waals surface area contributed by atoms with Gasteiger partial charge in [0.2, 0.25) is 0 Å². The maximum atomic E-state index is 13.0. The molecule has 1 aliphatic rings. The molecule has 1 saturated carbocycles. The highest BCUT2D eigenvalue weighted by Gasteiger charge is 2.41. The van der Waals surface area contributed by atoms with Crippen molar-refractivity contribution in [2.45, 2.75) is 24.8 Å². The fraction of sp³-hybridized carbons (Fsp3) is 0.500. The SMILES string of the molecule is CNC1(Cc2ccc(F)cc2OC)CC1. The van der Waals surface area contributed by atoms with Crippen molar-refractivity contribution in [3.63, 3.8) is 0 Å². The molecule has 1 N–H and O–H groups in total. The Morgan fingerprint density at radius 3 is 2.73 bits per heavy atom. The van der Waals surface area contributed by atoms with Gasteiger partial charge in [-0.1, -0.05) is 6.07 Å². The second kappa shape index (κ2) is 3.81. The molecule has 0 atom stereocenters. The smallest absolute Gasteiger partial charge is 0.126 e. The minimum Gasteiger partial charge on any atom is -0.496 e. The largest absolute Gasteiger partial charge is 0.496 e. The molecule has 1 aliphatic carbocycles. The first-order chi connectivity index (χ1) is 7.19. The Labute approximate surface area is 89.4 Å². The van der Waals surface area contributed by atoms with Gasteiger partial charge in [0.05, 0.1) is 7.11 Å². The molecule has 3 heteroatoms. The summed E-state index contributed by atoms with van der Waals surface area (Å²) in [5, 5.41) is 3.32. The topological polar surface area (TPSA) is 21.3 Å². The maximum Gasteiger partial charge on any atom is 0.126 e. The summed E-state index contributed by atoms with van der Waals surface area (Å²) in [6.07, 6.45) is 3.28. The number of rotatable bonds is 4. The number of hydrogen-bond donors (Lipinski definition) is 1. The molecule has 1 fully saturated rings. The lowest BCUT2D eigenvalue weighted by molar-refractivity contribution is 0.401. The number of nitrogens with one attached hydrogen (secondary N) is 1. The van der Waals surface area contributed by atoms with Crippen LogP contribution in [0.25, 0.3) is 0 Å². The molecular weight excluding hydrogens is 193 g/mol. The van der Waals surface area contributed by atoms with Gasteiger partial charge < -0.3 is 10.1 Å². The molecule has 2 nitrogen and oxygen atoms in total. The lowest BCUT2D eigenvalue weighted by Gasteiger charge is -2.16. The summed E-state index contributed by atoms with van der Waals surface area (Å²) in [6, 6.07) is 4.75. The Kier molecular flexibility index (Phi) is 2.65. The molecule has 1 aromatic carbocycles. The fourth-order valence-electron chi connectivity index (χ4n) is 1.90. The quantitative estimate of drug-likeness (QED) is 0.820. The number of ether oxygens (including phenoxy) is 1. The van der Waals surface area contributed by atoms with Crippen LogP contribution in [-0.4, -0.2) is 19.7 Å². The zero-order valence-electron chi connectivity index (χ0n) is 9.14. The lowest BCUT2D eigenvalue weighted by atomic mass is 10.0. The van der Waals surface area contributed by atoms with E-state index in [1.807, 2.05) is 13.1 Å². The van der Waals surface area contributed by atoms with E-state index in [0.717, 1.165) is 12.0 Å². The molecule has 0 unspecified atom stereocenters. The van der Waals surface area contributed by atoms with Crippen molar-refractivity contribution in [3.8, 4) is 5.75 Å². The number of halogens is 1. The third-order valence-electron chi connectivity index (χ3n) is 3.16. The summed E-state index contributed by atoms with van der Waals surface area (Å²) < 4.78 is 18.1. The minimum atomic E-state index is -0.245. The van der Waals surface area contributed by atoms with Crippen LogP contribution in [0.15, 0.2) is 18.2 Å². The molecule has 0 radical (unpaired) electrons. The summed E-state index contributed by atoms with van der Waals surface area (Å²) in [4.78, 5) is 0. The third kappa shape index (κ3) is 2.12. The summed E-state index contributed by atoms with van der Waals surface area (Å²) in [7, 11) is 3.56. The average Bonchev–Trinajstić information content (AvgIpc) is 3.01. The molecular formula is C12H16FNO. The van der Waals surface area contributed by atoms with E-state index in [1.165, 1.54) is 25.0 Å². The second-order valence-corrected chi connectivity index (χ2v) is 4.16. The van der Waals surface area contributed by atoms with Crippen molar-refractivity contribution in [3.05, 3.63) is 29.6 Å². The van der Waals surface area contributed by atoms with Crippen molar-refractivity contribution in [2.75, 3.05) is 14.2 Å². The summed E-state index contributed by atoms with van der Waals surface area (Å²) in [5.41, 5.74) is 1.30. The first kappa shape index (κ1) is 10.4. The van der Waals surface area contributed by atoms with Crippen LogP contribution < -0.4 is 10.1 Å². The number of methoxy groups -OCH3 is 1. The predicted molar refractivity (Wildman–Crippen MR) is 57.7 cm³/mol. The van der Waals surface area contributed by atoms with Gasteiger partial charge in [-0.3, -0.25) is 0 Å². The lowest BCUT2D eigenvalue weighted by Crippen LogP contribution is -2.29. The molecule has 1 aromatic rings. The standard InChI is InChI=1S/C12H16FNO/c1-14-12(5-6-12)8-9-3-4-10(13)7-11(9)15-2/h3-4,7,14H,5-6,8H2,1-2H3. The van der Waals surface area contributed by atoms with Crippen LogP contribution in [-0.2, 0) is 6.42 Å². The van der Waals surface area contributed by atoms with E-state index in [0.29, 0.717) is 5.75 Å². The van der Waals surface area contributed by atoms with Crippen molar-refractivity contribution in [1.82, 2.24) is 5.32 Å². The summed E-state index contributed by atoms with van der Waals surface area (Å²) in [5.74, 6) is 0.404. The van der Waals surface area contributed by atoms with Crippen LogP contribution in [0.1, 0.15) is 18.4 Å². The molecule has 0 bridgehead atoms. The summed E-state index contributed by atoms with van der Waals surface area (Å²) >= 11 is 0. The Balaban J connectivity index is 2.20. The molecule has 0 amide bonds. The van der Waals surface area contributed by atoms with E-state index in [2.05, 4.69) is 5.32 Å². The van der Waals surface area contributed by atoms with Crippen LogP contribution in [0.4, 0.5) is 4.39 Å². The highest BCUT2D eigenvalue weighted by Crippen LogP contribution is 2.39. The van der Waals surface area contributed by atoms with E-state index in [-0.39, 0.29) is 11.4 Å². The Morgan fingerprint density at radius 1 is 1.47 bits per heavy atom. The second-order valence-electron chi connectivity index (χ2n) is 4.16. The van der Waals surface area contributed by atoms with E-state index in [9.17, 15) is 4.39 Å². The van der Waals surface area contributed by atoms with E-state index in [4.69, 9.17) is 4.74 Å². The third-order valence-corrected chi connectivity index (χ3v) is 3.16. The van der Waals surface area contributed by atoms with Crippen LogP contribution in [0, 0.1) is 5.82 Å². The maximum absolute atomic E-state index is 13.0. The molecule has 15 heavy (non-hydrogen) atoms. The van der Waals surface area contributed by atoms with Gasteiger partial charge in [-0.05, 0) is 37.9 Å². The molecule has 2 rings (SSSR count). The first-order valence-corrected chi connectivity index (χ1v) is 5.20. The van der Waals surface area contributed by atoms with Gasteiger partial charge in [0.25, 0.3) is 0 Å². The van der Waals surface area contributed by atoms with Crippen molar-refractivity contribution in [2.24, 2.45) is 0 Å². The van der Waals surface area contributed by atoms with Crippen LogP contribution in [0.2, 0.25) is 0 Å². The highest BCUT2D eigenvalue weighted by atomic mass is 19.1. The Morgan fingerprint density at radius 2 is 2.20 bits per heavy atom. The molecule has 0 spiro atoms. The van der Waals surface area contributed by atoms with Gasteiger partial charge in [0.1, 0.15) is 11.6 Å². The zero-order chi connectivity index (χ0) is 10.9. The molecule has 0 aromatic heterocycles. The van der Waals surface area contributed by atoms with E-state index < -0.39 is 0 Å². The van der Waals surface area contributed by atoms with Crippen molar-refractivity contribution >= 4 is 0 Å². The summed E-state index contributed by atoms with van der Waals surface area (Å²) in [6.45, 7) is 0. The van der Waals surface area contributed by atoms with Gasteiger partial charge >= 0.3 is 0 Å². The van der Waals surface area contributed by atoms with Gasteiger partial charge in [-0.15, -0.1) is 0 Å². The number of hydrogen-bond acceptors (Lipinski definition) is 2. The van der Waals surface area contributed by atoms with Crippen LogP contribution in [0.3, 0.4) is 0 Å². The normalized spacial score (nSPS) is 17.5. The highest BCUT2D eigenvalue weighted by molar-refractivity contribution is 5.36. The molecule has 0 saturated heterocycles. The Hall–Kier alpha value is -1.09. The average molecular weight is 209 g/mol. The minimum absolute atomic E-state index is 0.227. The fourth-order valence-corrected chi connectivity index (χ4v) is 1.90. The van der Waals surface area contributed by atoms with Gasteiger partial charge in [0, 0.05) is 11.6 Å². The van der Waals surface area contributed by atoms with E-state index in [1.54, 1.807) is 7.11 Å². The zero-order valence-corrected chi connectivity index (χ0v) is 9.14. The van der Waals surface area contributed by atoms with Crippen molar-refractivity contribution in [1.29, 1.82) is 0 Å². The number of benzene rings is 1. The predicted octanol–water partition coefficient (Wildman–Crippen LogP) is 2.13. The first-order valence-electron chi connectivity index (χ1n) is 5.20. The number of likely N-dealkylation sites (N-methyl/N-ethyl adjacent to an activating group) is 1. The van der Waals surface area contributed by atoms with Crippen molar-refractivity contribution < 1.29 is 9.13 Å². The van der Waals surface area contributed by atoms with Gasteiger partial charge in [-0.2, -0.15) is 0 Å². The van der Waals surface area contributed by atoms with Gasteiger partial charge in [0.15, 0.2) is 0 Å². The Bertz CT molecular complexity index is 361. The molecule has 0 aliphatic heterocycles. The van der Waals surface area contributed by atoms with Crippen LogP contribution >= 0.6 is 0 Å². The van der Waals surface area contributed by atoms with E-state index >= 15 is 0 Å². The molecule has 82 valence electrons. The van der Waals surface area contributed by atoms with Crippen LogP contribution in [0.5, 0.6) is 5.75 Å². The monoisotopic (exact) mass is 209 g/mol. The van der Waals surface area contributed by atoms with Gasteiger partial charge in [-0.25, -0.2) is 4.39 Å².